The van der Waals surface area contributed by atoms with Gasteiger partial charge in [0.15, 0.2) is 0 Å². The van der Waals surface area contributed by atoms with Crippen LogP contribution in [0.1, 0.15) is 36.8 Å². The molecule has 6 nitrogen and oxygen atoms in total. The summed E-state index contributed by atoms with van der Waals surface area (Å²) >= 11 is 0. The van der Waals surface area contributed by atoms with Crippen molar-refractivity contribution in [2.45, 2.75) is 38.6 Å². The molecule has 2 aromatic carbocycles. The van der Waals surface area contributed by atoms with Gasteiger partial charge in [0.25, 0.3) is 0 Å². The molecule has 9 heteroatoms. The van der Waals surface area contributed by atoms with E-state index in [4.69, 9.17) is 18.9 Å². The van der Waals surface area contributed by atoms with Crippen LogP contribution in [-0.4, -0.2) is 29.1 Å². The first-order chi connectivity index (χ1) is 16.3. The summed E-state index contributed by atoms with van der Waals surface area (Å²) in [6.07, 6.45) is 4.69. The number of ether oxygens (including phenoxy) is 1. The highest BCUT2D eigenvalue weighted by Gasteiger charge is 2.15. The van der Waals surface area contributed by atoms with Gasteiger partial charge < -0.3 is 24.3 Å². The molecule has 34 heavy (non-hydrogen) atoms. The third kappa shape index (κ3) is 8.37. The van der Waals surface area contributed by atoms with Crippen molar-refractivity contribution in [1.29, 1.82) is 0 Å². The monoisotopic (exact) mass is 493 g/mol. The fourth-order valence-corrected chi connectivity index (χ4v) is 4.16. The highest BCUT2D eigenvalue weighted by Crippen LogP contribution is 2.35. The molecule has 0 spiro atoms. The number of hydrogen-bond acceptors (Lipinski definition) is 4. The van der Waals surface area contributed by atoms with Gasteiger partial charge in [0.2, 0.25) is 0 Å². The molecule has 0 aliphatic heterocycles. The number of furan rings is 1. The second-order valence-corrected chi connectivity index (χ2v) is 9.86. The molecule has 3 N–H and O–H groups in total. The average Bonchev–Trinajstić information content (AvgIpc) is 3.32. The van der Waals surface area contributed by atoms with E-state index in [0.717, 1.165) is 19.3 Å². The number of aryl methyl sites for hydroxylation is 1. The van der Waals surface area contributed by atoms with Crippen LogP contribution >= 0.6 is 7.60 Å². The minimum Gasteiger partial charge on any atom is -0.493 e. The molecule has 0 unspecified atom stereocenters. The molecule has 0 fully saturated rings. The number of hydrogen-bond donors (Lipinski definition) is 3. The number of halogens is 2. The molecule has 0 amide bonds. The Hall–Kier alpha value is -2.51. The largest absolute Gasteiger partial charge is 0.493 e. The summed E-state index contributed by atoms with van der Waals surface area (Å²) in [6.45, 7) is 0.952. The number of nitrogens with one attached hydrogen (secondary N) is 1. The van der Waals surface area contributed by atoms with E-state index in [1.54, 1.807) is 30.3 Å². The normalized spacial score (nSPS) is 11.6. The summed E-state index contributed by atoms with van der Waals surface area (Å²) in [6, 6.07) is 13.3. The van der Waals surface area contributed by atoms with E-state index in [2.05, 4.69) is 5.32 Å². The van der Waals surface area contributed by atoms with Gasteiger partial charge in [-0.1, -0.05) is 18.2 Å². The Labute approximate surface area is 198 Å². The van der Waals surface area contributed by atoms with Gasteiger partial charge in [-0.3, -0.25) is 4.57 Å². The fraction of sp³-hybridized carbons (Fsp3) is 0.360. The average molecular weight is 493 g/mol. The fourth-order valence-electron chi connectivity index (χ4n) is 3.59. The van der Waals surface area contributed by atoms with Crippen LogP contribution in [-0.2, 0) is 17.5 Å². The third-order valence-corrected chi connectivity index (χ3v) is 6.26. The molecule has 3 rings (SSSR count). The SMILES string of the molecule is O=P(O)(O)CCCNCc1cc(-c2ccco2)c(OCCCCCc2ccccc2F)cc1F. The lowest BCUT2D eigenvalue weighted by molar-refractivity contribution is 0.304. The predicted molar refractivity (Wildman–Crippen MR) is 127 cm³/mol. The predicted octanol–water partition coefficient (Wildman–Crippen LogP) is 5.67. The van der Waals surface area contributed by atoms with Crippen LogP contribution in [0.15, 0.2) is 59.2 Å². The van der Waals surface area contributed by atoms with Crippen molar-refractivity contribution in [3.63, 3.8) is 0 Å². The Morgan fingerprint density at radius 1 is 0.941 bits per heavy atom. The third-order valence-electron chi connectivity index (χ3n) is 5.36. The molecule has 0 aliphatic rings. The van der Waals surface area contributed by atoms with Crippen molar-refractivity contribution >= 4 is 7.60 Å². The quantitative estimate of drug-likeness (QED) is 0.198. The Bertz CT molecular complexity index is 1080. The second kappa shape index (κ2) is 12.8. The van der Waals surface area contributed by atoms with E-state index in [0.29, 0.717) is 47.8 Å². The lowest BCUT2D eigenvalue weighted by Gasteiger charge is -2.14. The molecular formula is C25H30F2NO5P. The molecule has 184 valence electrons. The smallest absolute Gasteiger partial charge is 0.325 e. The van der Waals surface area contributed by atoms with Crippen LogP contribution in [0.2, 0.25) is 0 Å². The molecule has 0 radical (unpaired) electrons. The lowest BCUT2D eigenvalue weighted by atomic mass is 10.1. The molecule has 0 atom stereocenters. The minimum atomic E-state index is -4.03. The highest BCUT2D eigenvalue weighted by molar-refractivity contribution is 7.51. The lowest BCUT2D eigenvalue weighted by Crippen LogP contribution is -2.17. The van der Waals surface area contributed by atoms with Crippen molar-refractivity contribution in [3.05, 3.63) is 77.6 Å². The van der Waals surface area contributed by atoms with Crippen molar-refractivity contribution in [2.24, 2.45) is 0 Å². The first-order valence-electron chi connectivity index (χ1n) is 11.3. The van der Waals surface area contributed by atoms with Crippen LogP contribution in [0.4, 0.5) is 8.78 Å². The molecule has 0 saturated carbocycles. The van der Waals surface area contributed by atoms with Crippen LogP contribution in [0.5, 0.6) is 5.75 Å². The molecule has 0 aliphatic carbocycles. The van der Waals surface area contributed by atoms with Gasteiger partial charge in [0.05, 0.1) is 24.6 Å². The molecule has 3 aromatic rings. The molecular weight excluding hydrogens is 463 g/mol. The van der Waals surface area contributed by atoms with E-state index < -0.39 is 13.4 Å². The van der Waals surface area contributed by atoms with Gasteiger partial charge in [0, 0.05) is 18.2 Å². The van der Waals surface area contributed by atoms with Crippen LogP contribution in [0.25, 0.3) is 11.3 Å². The maximum absolute atomic E-state index is 14.7. The second-order valence-electron chi connectivity index (χ2n) is 8.09. The van der Waals surface area contributed by atoms with Gasteiger partial charge in [-0.25, -0.2) is 8.78 Å². The zero-order valence-electron chi connectivity index (χ0n) is 18.9. The Morgan fingerprint density at radius 3 is 2.50 bits per heavy atom. The van der Waals surface area contributed by atoms with Gasteiger partial charge in [-0.05, 0) is 68.5 Å². The van der Waals surface area contributed by atoms with Crippen molar-refractivity contribution in [2.75, 3.05) is 19.3 Å². The Kier molecular flexibility index (Phi) is 9.84. The van der Waals surface area contributed by atoms with Crippen molar-refractivity contribution in [3.8, 4) is 17.1 Å². The van der Waals surface area contributed by atoms with E-state index in [9.17, 15) is 13.3 Å². The summed E-state index contributed by atoms with van der Waals surface area (Å²) < 4.78 is 50.7. The summed E-state index contributed by atoms with van der Waals surface area (Å²) in [5.41, 5.74) is 1.74. The maximum Gasteiger partial charge on any atom is 0.325 e. The maximum atomic E-state index is 14.7. The van der Waals surface area contributed by atoms with Crippen molar-refractivity contribution < 1.29 is 32.3 Å². The number of benzene rings is 2. The van der Waals surface area contributed by atoms with Crippen molar-refractivity contribution in [1.82, 2.24) is 5.32 Å². The summed E-state index contributed by atoms with van der Waals surface area (Å²) in [5.74, 6) is 0.310. The van der Waals surface area contributed by atoms with E-state index in [1.165, 1.54) is 18.4 Å². The van der Waals surface area contributed by atoms with E-state index in [-0.39, 0.29) is 24.9 Å². The zero-order valence-corrected chi connectivity index (χ0v) is 19.8. The standard InChI is InChI=1S/C25H30F2NO5P/c26-22-10-4-3-9-19(22)8-2-1-5-13-33-25-17-23(27)20(16-21(25)24-11-6-14-32-24)18-28-12-7-15-34(29,30)31/h3-4,6,9-11,14,16-17,28H,1-2,5,7-8,12-13,15,18H2,(H2,29,30,31). The zero-order chi connectivity index (χ0) is 24.4. The summed E-state index contributed by atoms with van der Waals surface area (Å²) in [4.78, 5) is 17.8. The molecule has 0 saturated heterocycles. The van der Waals surface area contributed by atoms with Gasteiger partial charge >= 0.3 is 7.60 Å². The highest BCUT2D eigenvalue weighted by atomic mass is 31.2. The van der Waals surface area contributed by atoms with Gasteiger partial charge in [-0.15, -0.1) is 0 Å². The first kappa shape index (κ1) is 26.1. The van der Waals surface area contributed by atoms with Gasteiger partial charge in [0.1, 0.15) is 23.1 Å². The van der Waals surface area contributed by atoms with Crippen LogP contribution < -0.4 is 10.1 Å². The summed E-state index contributed by atoms with van der Waals surface area (Å²) in [7, 11) is -4.03. The number of rotatable bonds is 14. The first-order valence-corrected chi connectivity index (χ1v) is 13.1. The molecule has 1 aromatic heterocycles. The van der Waals surface area contributed by atoms with Gasteiger partial charge in [-0.2, -0.15) is 0 Å². The van der Waals surface area contributed by atoms with E-state index >= 15 is 0 Å². The molecule has 1 heterocycles. The minimum absolute atomic E-state index is 0.186. The number of unbranched alkanes of at least 4 members (excludes halogenated alkanes) is 2. The summed E-state index contributed by atoms with van der Waals surface area (Å²) in [5, 5.41) is 3.01. The molecule has 0 bridgehead atoms. The topological polar surface area (TPSA) is 91.9 Å². The Morgan fingerprint density at radius 2 is 1.76 bits per heavy atom. The van der Waals surface area contributed by atoms with E-state index in [1.807, 2.05) is 6.07 Å². The van der Waals surface area contributed by atoms with Crippen LogP contribution in [0, 0.1) is 11.6 Å². The van der Waals surface area contributed by atoms with Crippen LogP contribution in [0.3, 0.4) is 0 Å². The Balaban J connectivity index is 1.53.